The van der Waals surface area contributed by atoms with E-state index in [0.29, 0.717) is 13.2 Å². The van der Waals surface area contributed by atoms with Gasteiger partial charge in [0.05, 0.1) is 13.2 Å². The first-order chi connectivity index (χ1) is 5.57. The molecule has 0 aliphatic carbocycles. The first kappa shape index (κ1) is 11.6. The molecule has 0 spiro atoms. The molecule has 0 aromatic carbocycles. The molecule has 0 aromatic rings. The number of ketones is 1. The molecule has 0 N–H and O–H groups in total. The van der Waals surface area contributed by atoms with Gasteiger partial charge in [0, 0.05) is 19.6 Å². The number of hydrogen-bond donors (Lipinski definition) is 0. The molecule has 0 rings (SSSR count). The van der Waals surface area contributed by atoms with E-state index in [9.17, 15) is 4.79 Å². The highest BCUT2D eigenvalue weighted by Gasteiger charge is 2.09. The van der Waals surface area contributed by atoms with E-state index in [1.54, 1.807) is 7.11 Å². The Morgan fingerprint density at radius 2 is 2.08 bits per heavy atom. The molecule has 0 heterocycles. The van der Waals surface area contributed by atoms with Crippen LogP contribution < -0.4 is 0 Å². The molecule has 0 aliphatic heterocycles. The van der Waals surface area contributed by atoms with Gasteiger partial charge in [-0.25, -0.2) is 0 Å². The van der Waals surface area contributed by atoms with E-state index in [1.165, 1.54) is 0 Å². The fourth-order valence-electron chi connectivity index (χ4n) is 0.775. The van der Waals surface area contributed by atoms with Crippen molar-refractivity contribution in [2.45, 2.75) is 13.8 Å². The molecule has 0 saturated carbocycles. The van der Waals surface area contributed by atoms with Crippen molar-refractivity contribution in [2.75, 3.05) is 33.9 Å². The molecule has 0 saturated heterocycles. The van der Waals surface area contributed by atoms with Crippen molar-refractivity contribution >= 4 is 5.78 Å². The van der Waals surface area contributed by atoms with Gasteiger partial charge in [-0.15, -0.1) is 0 Å². The van der Waals surface area contributed by atoms with Crippen molar-refractivity contribution in [1.29, 1.82) is 0 Å². The Bertz CT molecular complexity index is 134. The normalized spacial score (nSPS) is 11.2. The van der Waals surface area contributed by atoms with Gasteiger partial charge in [-0.3, -0.25) is 9.69 Å². The summed E-state index contributed by atoms with van der Waals surface area (Å²) in [4.78, 5) is 13.2. The fraction of sp³-hybridized carbons (Fsp3) is 0.889. The summed E-state index contributed by atoms with van der Waals surface area (Å²) < 4.78 is 4.90. The molecule has 0 aromatic heterocycles. The summed E-state index contributed by atoms with van der Waals surface area (Å²) in [6, 6.07) is 0. The zero-order valence-corrected chi connectivity index (χ0v) is 8.46. The molecular formula is C9H19NO2. The van der Waals surface area contributed by atoms with Crippen molar-refractivity contribution in [3.8, 4) is 0 Å². The lowest BCUT2D eigenvalue weighted by Gasteiger charge is -2.15. The van der Waals surface area contributed by atoms with E-state index >= 15 is 0 Å². The second-order valence-corrected chi connectivity index (χ2v) is 3.35. The van der Waals surface area contributed by atoms with Crippen LogP contribution in [0.5, 0.6) is 0 Å². The van der Waals surface area contributed by atoms with Crippen LogP contribution in [0, 0.1) is 5.92 Å². The fourth-order valence-corrected chi connectivity index (χ4v) is 0.775. The Kier molecular flexibility index (Phi) is 5.93. The number of ether oxygens (including phenoxy) is 1. The molecule has 0 atom stereocenters. The van der Waals surface area contributed by atoms with Crippen LogP contribution in [0.1, 0.15) is 13.8 Å². The number of carbonyl (C=O) groups excluding carboxylic acids is 1. The minimum atomic E-state index is 0.134. The molecule has 0 aliphatic rings. The third-order valence-corrected chi connectivity index (χ3v) is 1.75. The summed E-state index contributed by atoms with van der Waals surface area (Å²) in [5, 5.41) is 0. The second kappa shape index (κ2) is 6.14. The first-order valence-electron chi connectivity index (χ1n) is 4.28. The quantitative estimate of drug-likeness (QED) is 0.594. The predicted octanol–water partition coefficient (Wildman–Crippen LogP) is 0.790. The standard InChI is InChI=1S/C9H19NO2/c1-8(2)9(11)7-10(3)5-6-12-4/h8H,5-7H2,1-4H3. The number of nitrogens with zero attached hydrogens (tertiary/aromatic N) is 1. The highest BCUT2D eigenvalue weighted by molar-refractivity contribution is 5.82. The summed E-state index contributed by atoms with van der Waals surface area (Å²) in [5.74, 6) is 0.420. The van der Waals surface area contributed by atoms with Crippen molar-refractivity contribution < 1.29 is 9.53 Å². The van der Waals surface area contributed by atoms with Gasteiger partial charge in [0.2, 0.25) is 0 Å². The maximum Gasteiger partial charge on any atom is 0.149 e. The zero-order chi connectivity index (χ0) is 9.56. The average molecular weight is 173 g/mol. The van der Waals surface area contributed by atoms with Crippen molar-refractivity contribution in [3.05, 3.63) is 0 Å². The molecule has 72 valence electrons. The lowest BCUT2D eigenvalue weighted by Crippen LogP contribution is -2.31. The Labute approximate surface area is 74.7 Å². The maximum absolute atomic E-state index is 11.2. The zero-order valence-electron chi connectivity index (χ0n) is 8.46. The van der Waals surface area contributed by atoms with Crippen LogP contribution in [0.4, 0.5) is 0 Å². The molecule has 12 heavy (non-hydrogen) atoms. The number of carbonyl (C=O) groups is 1. The van der Waals surface area contributed by atoms with Gasteiger partial charge in [-0.2, -0.15) is 0 Å². The van der Waals surface area contributed by atoms with E-state index in [1.807, 2.05) is 25.8 Å². The lowest BCUT2D eigenvalue weighted by molar-refractivity contribution is -0.122. The van der Waals surface area contributed by atoms with E-state index in [4.69, 9.17) is 4.74 Å². The number of methoxy groups -OCH3 is 1. The van der Waals surface area contributed by atoms with Gasteiger partial charge < -0.3 is 4.74 Å². The molecule has 0 amide bonds. The van der Waals surface area contributed by atoms with Crippen LogP contribution in [0.15, 0.2) is 0 Å². The van der Waals surface area contributed by atoms with Crippen LogP contribution in [0.2, 0.25) is 0 Å². The topological polar surface area (TPSA) is 29.5 Å². The summed E-state index contributed by atoms with van der Waals surface area (Å²) in [5.41, 5.74) is 0. The molecule has 0 bridgehead atoms. The summed E-state index contributed by atoms with van der Waals surface area (Å²) >= 11 is 0. The van der Waals surface area contributed by atoms with Crippen molar-refractivity contribution in [2.24, 2.45) is 5.92 Å². The largest absolute Gasteiger partial charge is 0.383 e. The van der Waals surface area contributed by atoms with E-state index in [0.717, 1.165) is 6.54 Å². The number of likely N-dealkylation sites (N-methyl/N-ethyl adjacent to an activating group) is 1. The molecule has 0 unspecified atom stereocenters. The number of rotatable bonds is 6. The van der Waals surface area contributed by atoms with E-state index < -0.39 is 0 Å². The monoisotopic (exact) mass is 173 g/mol. The third kappa shape index (κ3) is 5.27. The van der Waals surface area contributed by atoms with Crippen LogP contribution in [-0.4, -0.2) is 44.5 Å². The van der Waals surface area contributed by atoms with Crippen LogP contribution >= 0.6 is 0 Å². The van der Waals surface area contributed by atoms with Gasteiger partial charge in [0.1, 0.15) is 5.78 Å². The average Bonchev–Trinajstić information content (AvgIpc) is 2.00. The maximum atomic E-state index is 11.2. The van der Waals surface area contributed by atoms with E-state index in [2.05, 4.69) is 0 Å². The predicted molar refractivity (Wildman–Crippen MR) is 49.2 cm³/mol. The highest BCUT2D eigenvalue weighted by atomic mass is 16.5. The summed E-state index contributed by atoms with van der Waals surface area (Å²) in [6.07, 6.45) is 0. The van der Waals surface area contributed by atoms with Gasteiger partial charge in [-0.05, 0) is 7.05 Å². The SMILES string of the molecule is COCCN(C)CC(=O)C(C)C. The minimum Gasteiger partial charge on any atom is -0.383 e. The first-order valence-corrected chi connectivity index (χ1v) is 4.28. The lowest BCUT2D eigenvalue weighted by atomic mass is 10.1. The van der Waals surface area contributed by atoms with E-state index in [-0.39, 0.29) is 11.7 Å². The Morgan fingerprint density at radius 1 is 1.50 bits per heavy atom. The summed E-state index contributed by atoms with van der Waals surface area (Å²) in [6.45, 7) is 5.87. The minimum absolute atomic E-state index is 0.134. The van der Waals surface area contributed by atoms with Gasteiger partial charge in [-0.1, -0.05) is 13.8 Å². The van der Waals surface area contributed by atoms with Crippen molar-refractivity contribution in [1.82, 2.24) is 4.90 Å². The third-order valence-electron chi connectivity index (χ3n) is 1.75. The van der Waals surface area contributed by atoms with Crippen molar-refractivity contribution in [3.63, 3.8) is 0 Å². The molecule has 3 nitrogen and oxygen atoms in total. The molecule has 3 heteroatoms. The van der Waals surface area contributed by atoms with Crippen LogP contribution in [0.25, 0.3) is 0 Å². The van der Waals surface area contributed by atoms with Gasteiger partial charge in [0.25, 0.3) is 0 Å². The number of Topliss-reactive ketones (excluding diaryl/α,β-unsaturated/α-hetero) is 1. The smallest absolute Gasteiger partial charge is 0.149 e. The molecule has 0 fully saturated rings. The van der Waals surface area contributed by atoms with Gasteiger partial charge >= 0.3 is 0 Å². The second-order valence-electron chi connectivity index (χ2n) is 3.35. The van der Waals surface area contributed by atoms with Crippen LogP contribution in [-0.2, 0) is 9.53 Å². The summed E-state index contributed by atoms with van der Waals surface area (Å²) in [7, 11) is 3.59. The Hall–Kier alpha value is -0.410. The number of hydrogen-bond acceptors (Lipinski definition) is 3. The Balaban J connectivity index is 3.54. The molecule has 0 radical (unpaired) electrons. The van der Waals surface area contributed by atoms with Crippen LogP contribution in [0.3, 0.4) is 0 Å². The Morgan fingerprint density at radius 3 is 2.50 bits per heavy atom. The highest BCUT2D eigenvalue weighted by Crippen LogP contribution is 1.95. The van der Waals surface area contributed by atoms with Gasteiger partial charge in [0.15, 0.2) is 0 Å². The molecular weight excluding hydrogens is 154 g/mol.